The average molecular weight is 390 g/mol. The Balaban J connectivity index is 2.67. The van der Waals surface area contributed by atoms with E-state index in [1.54, 1.807) is 13.2 Å². The Morgan fingerprint density at radius 2 is 1.59 bits per heavy atom. The summed E-state index contributed by atoms with van der Waals surface area (Å²) in [5.41, 5.74) is 3.17. The predicted molar refractivity (Wildman–Crippen MR) is 115 cm³/mol. The van der Waals surface area contributed by atoms with E-state index < -0.39 is 0 Å². The summed E-state index contributed by atoms with van der Waals surface area (Å²) in [5, 5.41) is 1.72. The second kappa shape index (κ2) is 8.29. The van der Waals surface area contributed by atoms with E-state index in [1.165, 1.54) is 5.56 Å². The summed E-state index contributed by atoms with van der Waals surface area (Å²) in [6.45, 7) is 15.2. The van der Waals surface area contributed by atoms with Crippen LogP contribution in [0.5, 0.6) is 5.75 Å². The maximum Gasteiger partial charge on any atom is 0.188 e. The lowest BCUT2D eigenvalue weighted by Crippen LogP contribution is -2.23. The van der Waals surface area contributed by atoms with Gasteiger partial charge in [-0.15, -0.1) is 0 Å². The molecule has 0 aliphatic rings. The maximum absolute atomic E-state index is 14.5. The lowest BCUT2D eigenvalue weighted by molar-refractivity contribution is 0.0506. The number of halogens is 1. The van der Waals surface area contributed by atoms with Crippen LogP contribution in [0.1, 0.15) is 58.2 Å². The van der Waals surface area contributed by atoms with Crippen LogP contribution in [0.3, 0.4) is 0 Å². The van der Waals surface area contributed by atoms with Crippen LogP contribution in [0, 0.1) is 12.7 Å². The van der Waals surface area contributed by atoms with E-state index >= 15 is 0 Å². The van der Waals surface area contributed by atoms with Gasteiger partial charge in [-0.2, -0.15) is 0 Å². The smallest absolute Gasteiger partial charge is 0.188 e. The molecule has 0 aliphatic carbocycles. The van der Waals surface area contributed by atoms with Gasteiger partial charge in [-0.05, 0) is 41.0 Å². The van der Waals surface area contributed by atoms with Crippen molar-refractivity contribution in [3.8, 4) is 5.75 Å². The molecule has 0 bridgehead atoms. The zero-order chi connectivity index (χ0) is 20.4. The van der Waals surface area contributed by atoms with Crippen LogP contribution in [-0.2, 0) is 15.6 Å². The van der Waals surface area contributed by atoms with Gasteiger partial charge < -0.3 is 9.47 Å². The van der Waals surface area contributed by atoms with Crippen LogP contribution in [0.4, 0.5) is 4.39 Å². The molecule has 0 aromatic heterocycles. The summed E-state index contributed by atoms with van der Waals surface area (Å²) < 4.78 is 25.7. The summed E-state index contributed by atoms with van der Waals surface area (Å²) in [4.78, 5) is 0. The van der Waals surface area contributed by atoms with Crippen molar-refractivity contribution in [3.63, 3.8) is 0 Å². The fourth-order valence-corrected chi connectivity index (χ4v) is 4.05. The molecule has 0 radical (unpaired) electrons. The zero-order valence-corrected chi connectivity index (χ0v) is 18.8. The van der Waals surface area contributed by atoms with Gasteiger partial charge in [0.15, 0.2) is 6.79 Å². The highest BCUT2D eigenvalue weighted by Gasteiger charge is 2.26. The van der Waals surface area contributed by atoms with Crippen LogP contribution in [0.15, 0.2) is 30.3 Å². The molecular weight excluding hydrogens is 358 g/mol. The fourth-order valence-electron chi connectivity index (χ4n) is 2.85. The van der Waals surface area contributed by atoms with E-state index in [0.717, 1.165) is 22.2 Å². The predicted octanol–water partition coefficient (Wildman–Crippen LogP) is 5.34. The molecule has 27 heavy (non-hydrogen) atoms. The van der Waals surface area contributed by atoms with Crippen LogP contribution in [0.25, 0.3) is 0 Å². The van der Waals surface area contributed by atoms with Crippen LogP contribution < -0.4 is 15.3 Å². The maximum atomic E-state index is 14.5. The molecule has 0 amide bonds. The van der Waals surface area contributed by atoms with Crippen LogP contribution >= 0.6 is 8.58 Å². The first-order chi connectivity index (χ1) is 12.4. The number of hydrogen-bond donors (Lipinski definition) is 0. The highest BCUT2D eigenvalue weighted by Crippen LogP contribution is 2.37. The van der Waals surface area contributed by atoms with E-state index in [-0.39, 0.29) is 32.0 Å². The summed E-state index contributed by atoms with van der Waals surface area (Å²) in [6.07, 6.45) is 0. The van der Waals surface area contributed by atoms with Crippen molar-refractivity contribution in [1.29, 1.82) is 0 Å². The number of benzene rings is 2. The summed E-state index contributed by atoms with van der Waals surface area (Å²) in [5.74, 6) is 0.653. The van der Waals surface area contributed by atoms with Crippen LogP contribution in [-0.4, -0.2) is 13.9 Å². The Kier molecular flexibility index (Phi) is 6.71. The SMILES string of the molecule is COCOc1c(Pc2ccc(C)cc2F)cc(C(C)(C)C)cc1C(C)(C)C. The van der Waals surface area contributed by atoms with Crippen molar-refractivity contribution < 1.29 is 13.9 Å². The van der Waals surface area contributed by atoms with Crippen molar-refractivity contribution in [3.05, 3.63) is 52.8 Å². The summed E-state index contributed by atoms with van der Waals surface area (Å²) >= 11 is 0. The number of hydrogen-bond acceptors (Lipinski definition) is 2. The largest absolute Gasteiger partial charge is 0.467 e. The van der Waals surface area contributed by atoms with Gasteiger partial charge in [0.25, 0.3) is 0 Å². The topological polar surface area (TPSA) is 18.5 Å². The molecule has 0 aliphatic heterocycles. The van der Waals surface area contributed by atoms with Gasteiger partial charge in [-0.1, -0.05) is 68.3 Å². The van der Waals surface area contributed by atoms with Crippen molar-refractivity contribution in [1.82, 2.24) is 0 Å². The quantitative estimate of drug-likeness (QED) is 0.507. The van der Waals surface area contributed by atoms with E-state index in [2.05, 4.69) is 53.7 Å². The molecule has 2 nitrogen and oxygen atoms in total. The lowest BCUT2D eigenvalue weighted by Gasteiger charge is -2.29. The third-order valence-electron chi connectivity index (χ3n) is 4.48. The highest BCUT2D eigenvalue weighted by atomic mass is 31.1. The molecule has 2 aromatic carbocycles. The minimum atomic E-state index is -0.163. The van der Waals surface area contributed by atoms with Crippen molar-refractivity contribution >= 4 is 19.2 Å². The van der Waals surface area contributed by atoms with Gasteiger partial charge in [0.2, 0.25) is 0 Å². The van der Waals surface area contributed by atoms with E-state index in [0.29, 0.717) is 5.30 Å². The molecule has 0 saturated heterocycles. The molecule has 0 heterocycles. The number of aryl methyl sites for hydroxylation is 1. The molecule has 0 N–H and O–H groups in total. The Labute approximate surface area is 165 Å². The minimum Gasteiger partial charge on any atom is -0.467 e. The second-order valence-electron chi connectivity index (χ2n) is 9.06. The lowest BCUT2D eigenvalue weighted by atomic mass is 9.80. The Morgan fingerprint density at radius 1 is 0.926 bits per heavy atom. The third-order valence-corrected chi connectivity index (χ3v) is 5.79. The number of ether oxygens (including phenoxy) is 2. The molecule has 0 saturated carbocycles. The summed E-state index contributed by atoms with van der Waals surface area (Å²) in [6, 6.07) is 9.82. The van der Waals surface area contributed by atoms with Gasteiger partial charge in [0.05, 0.1) is 0 Å². The standard InChI is InChI=1S/C23H32FO2P/c1-15-9-10-19(18(24)11-15)27-20-13-16(22(2,3)4)12-17(23(5,6)7)21(20)26-14-25-8/h9-13,27H,14H2,1-8H3. The van der Waals surface area contributed by atoms with Gasteiger partial charge in [0, 0.05) is 23.3 Å². The minimum absolute atomic E-state index is 0.00909. The zero-order valence-electron chi connectivity index (χ0n) is 17.8. The van der Waals surface area contributed by atoms with Gasteiger partial charge in [0.1, 0.15) is 11.6 Å². The molecule has 1 atom stereocenters. The first kappa shape index (κ1) is 21.9. The van der Waals surface area contributed by atoms with Crippen LogP contribution in [0.2, 0.25) is 0 Å². The second-order valence-corrected chi connectivity index (χ2v) is 10.4. The molecule has 1 unspecified atom stereocenters. The highest BCUT2D eigenvalue weighted by molar-refractivity contribution is 7.55. The molecule has 0 spiro atoms. The molecule has 2 rings (SSSR count). The normalized spacial score (nSPS) is 12.8. The molecule has 0 fully saturated rings. The summed E-state index contributed by atoms with van der Waals surface area (Å²) in [7, 11) is 1.79. The van der Waals surface area contributed by atoms with Crippen molar-refractivity contribution in [2.75, 3.05) is 13.9 Å². The molecular formula is C23H32FO2P. The van der Waals surface area contributed by atoms with Crippen molar-refractivity contribution in [2.24, 2.45) is 0 Å². The molecule has 2 aromatic rings. The van der Waals surface area contributed by atoms with E-state index in [4.69, 9.17) is 9.47 Å². The van der Waals surface area contributed by atoms with Gasteiger partial charge in [-0.25, -0.2) is 4.39 Å². The average Bonchev–Trinajstić information content (AvgIpc) is 2.53. The Hall–Kier alpha value is -1.44. The Morgan fingerprint density at radius 3 is 2.11 bits per heavy atom. The van der Waals surface area contributed by atoms with Gasteiger partial charge >= 0.3 is 0 Å². The van der Waals surface area contributed by atoms with E-state index in [1.807, 2.05) is 19.1 Å². The number of methoxy groups -OCH3 is 1. The first-order valence-electron chi connectivity index (χ1n) is 9.27. The van der Waals surface area contributed by atoms with E-state index in [9.17, 15) is 4.39 Å². The third kappa shape index (κ3) is 5.53. The Bertz CT molecular complexity index is 801. The molecule has 4 heteroatoms. The fraction of sp³-hybridized carbons (Fsp3) is 0.478. The van der Waals surface area contributed by atoms with Gasteiger partial charge in [-0.3, -0.25) is 0 Å². The monoisotopic (exact) mass is 390 g/mol. The first-order valence-corrected chi connectivity index (χ1v) is 10.3. The number of rotatable bonds is 5. The van der Waals surface area contributed by atoms with Crippen molar-refractivity contribution in [2.45, 2.75) is 59.3 Å². The molecule has 148 valence electrons.